The lowest BCUT2D eigenvalue weighted by Crippen LogP contribution is -2.16. The summed E-state index contributed by atoms with van der Waals surface area (Å²) in [6, 6.07) is 17.7. The number of pyridine rings is 1. The number of phenolic OH excluding ortho intramolecular Hbond substituents is 1. The van der Waals surface area contributed by atoms with E-state index in [4.69, 9.17) is 4.74 Å². The summed E-state index contributed by atoms with van der Waals surface area (Å²) in [6.45, 7) is 3.80. The van der Waals surface area contributed by atoms with Crippen LogP contribution in [-0.4, -0.2) is 30.6 Å². The molecule has 0 atom stereocenters. The molecule has 3 aromatic carbocycles. The van der Waals surface area contributed by atoms with Gasteiger partial charge in [0.25, 0.3) is 10.0 Å². The van der Waals surface area contributed by atoms with Gasteiger partial charge in [-0.05, 0) is 55.3 Å². The van der Waals surface area contributed by atoms with Crippen molar-refractivity contribution in [3.8, 4) is 33.2 Å². The maximum absolute atomic E-state index is 14.1. The second-order valence-electron chi connectivity index (χ2n) is 9.46. The van der Waals surface area contributed by atoms with Crippen molar-refractivity contribution in [2.24, 2.45) is 0 Å². The van der Waals surface area contributed by atoms with Crippen molar-refractivity contribution < 1.29 is 27.0 Å². The summed E-state index contributed by atoms with van der Waals surface area (Å²) in [5.41, 5.74) is 3.90. The molecule has 12 heteroatoms. The predicted molar refractivity (Wildman–Crippen MR) is 159 cm³/mol. The van der Waals surface area contributed by atoms with Crippen LogP contribution in [0.4, 0.5) is 19.6 Å². The quantitative estimate of drug-likeness (QED) is 0.167. The highest BCUT2D eigenvalue weighted by molar-refractivity contribution is 7.92. The van der Waals surface area contributed by atoms with Crippen molar-refractivity contribution in [1.29, 1.82) is 0 Å². The van der Waals surface area contributed by atoms with Crippen molar-refractivity contribution in [2.45, 2.75) is 25.4 Å². The summed E-state index contributed by atoms with van der Waals surface area (Å²) in [5.74, 6) is -1.67. The minimum absolute atomic E-state index is 0.0109. The van der Waals surface area contributed by atoms with Gasteiger partial charge in [0.2, 0.25) is 0 Å². The molecule has 0 fully saturated rings. The smallest absolute Gasteiger partial charge is 0.281 e. The fourth-order valence-corrected chi connectivity index (χ4v) is 6.67. The van der Waals surface area contributed by atoms with Gasteiger partial charge in [0.1, 0.15) is 0 Å². The van der Waals surface area contributed by atoms with E-state index in [1.165, 1.54) is 19.4 Å². The number of nitrogens with one attached hydrogen (secondary N) is 2. The molecule has 8 nitrogen and oxygen atoms in total. The minimum Gasteiger partial charge on any atom is -0.504 e. The lowest BCUT2D eigenvalue weighted by atomic mass is 10.1. The first-order valence-corrected chi connectivity index (χ1v) is 15.0. The Morgan fingerprint density at radius 3 is 2.40 bits per heavy atom. The molecule has 5 rings (SSSR count). The van der Waals surface area contributed by atoms with E-state index in [0.717, 1.165) is 34.6 Å². The van der Waals surface area contributed by atoms with Crippen LogP contribution in [0.15, 0.2) is 78.0 Å². The third-order valence-electron chi connectivity index (χ3n) is 6.43. The number of sulfonamides is 1. The van der Waals surface area contributed by atoms with Crippen LogP contribution in [0.2, 0.25) is 0 Å². The maximum atomic E-state index is 14.1. The Balaban J connectivity index is 1.42. The number of benzene rings is 3. The molecule has 0 aliphatic carbocycles. The second kappa shape index (κ2) is 11.7. The summed E-state index contributed by atoms with van der Waals surface area (Å²) in [7, 11) is -2.70. The average molecular weight is 609 g/mol. The normalized spacial score (nSPS) is 11.4. The maximum Gasteiger partial charge on any atom is 0.281 e. The number of aromatic hydroxyl groups is 1. The van der Waals surface area contributed by atoms with Crippen LogP contribution >= 0.6 is 11.3 Å². The Hall–Kier alpha value is -4.55. The third-order valence-corrected chi connectivity index (χ3v) is 8.97. The molecule has 0 saturated heterocycles. The van der Waals surface area contributed by atoms with Crippen LogP contribution in [0.5, 0.6) is 11.5 Å². The van der Waals surface area contributed by atoms with E-state index in [1.807, 2.05) is 31.2 Å². The number of aromatic nitrogens is 2. The topological polar surface area (TPSA) is 113 Å². The lowest BCUT2D eigenvalue weighted by Gasteiger charge is -2.12. The number of hydrogen-bond donors (Lipinski definition) is 3. The first-order valence-electron chi connectivity index (χ1n) is 12.7. The number of phenols is 1. The summed E-state index contributed by atoms with van der Waals surface area (Å²) in [4.78, 5) is 9.22. The highest BCUT2D eigenvalue weighted by Crippen LogP contribution is 2.40. The molecule has 0 bridgehead atoms. The third kappa shape index (κ3) is 6.04. The van der Waals surface area contributed by atoms with Crippen LogP contribution in [-0.2, 0) is 16.6 Å². The number of rotatable bonds is 9. The summed E-state index contributed by atoms with van der Waals surface area (Å²) >= 11 is 1.07. The van der Waals surface area contributed by atoms with Crippen molar-refractivity contribution >= 4 is 32.2 Å². The van der Waals surface area contributed by atoms with Crippen molar-refractivity contribution in [2.75, 3.05) is 17.1 Å². The van der Waals surface area contributed by atoms with Gasteiger partial charge in [-0.25, -0.2) is 18.7 Å². The molecule has 0 saturated carbocycles. The molecule has 0 spiro atoms. The van der Waals surface area contributed by atoms with Crippen LogP contribution in [0, 0.1) is 25.5 Å². The molecule has 3 N–H and O–H groups in total. The molecule has 216 valence electrons. The van der Waals surface area contributed by atoms with Crippen LogP contribution in [0.25, 0.3) is 21.7 Å². The first kappa shape index (κ1) is 29.0. The van der Waals surface area contributed by atoms with Gasteiger partial charge in [-0.2, -0.15) is 8.42 Å². The molecule has 2 heterocycles. The predicted octanol–water partition coefficient (Wildman–Crippen LogP) is 6.89. The molecule has 42 heavy (non-hydrogen) atoms. The minimum atomic E-state index is -4.16. The zero-order valence-corrected chi connectivity index (χ0v) is 24.4. The number of thiazole rings is 1. The number of aryl methyl sites for hydroxylation is 2. The van der Waals surface area contributed by atoms with Gasteiger partial charge < -0.3 is 15.2 Å². The van der Waals surface area contributed by atoms with Crippen LogP contribution in [0.1, 0.15) is 16.7 Å². The monoisotopic (exact) mass is 608 g/mol. The first-order chi connectivity index (χ1) is 20.1. The number of nitrogens with zero attached hydrogens (tertiary/aromatic N) is 2. The van der Waals surface area contributed by atoms with Crippen molar-refractivity contribution in [1.82, 2.24) is 9.97 Å². The highest BCUT2D eigenvalue weighted by Gasteiger charge is 2.24. The molecular weight excluding hydrogens is 582 g/mol. The molecule has 0 aliphatic rings. The summed E-state index contributed by atoms with van der Waals surface area (Å²) in [5, 5.41) is 13.3. The Morgan fingerprint density at radius 2 is 1.71 bits per heavy atom. The summed E-state index contributed by atoms with van der Waals surface area (Å²) < 4.78 is 62.1. The fourth-order valence-electron chi connectivity index (χ4n) is 4.28. The molecule has 2 aromatic heterocycles. The van der Waals surface area contributed by atoms with Crippen molar-refractivity contribution in [3.05, 3.63) is 101 Å². The largest absolute Gasteiger partial charge is 0.504 e. The van der Waals surface area contributed by atoms with Gasteiger partial charge in [-0.3, -0.25) is 4.72 Å². The highest BCUT2D eigenvalue weighted by atomic mass is 32.2. The number of anilines is 2. The zero-order chi connectivity index (χ0) is 30.0. The molecule has 5 aromatic rings. The number of para-hydroxylation sites is 1. The van der Waals surface area contributed by atoms with Gasteiger partial charge in [-0.15, -0.1) is 0 Å². The van der Waals surface area contributed by atoms with Gasteiger partial charge in [-0.1, -0.05) is 53.3 Å². The standard InChI is InChI=1S/C30H26F2N4O4S2/c1-17-7-9-19(10-8-17)28-26(20-11-12-23(31)24(32)14-20)35-30(41-28)36-42(38,39)29-18(2)13-22(16-34-29)33-15-21-5-4-6-25(40-3)27(21)37/h4-14,16,33,37H,15H2,1-3H3,(H,35,36). The Kier molecular flexibility index (Phi) is 8.10. The Labute approximate surface area is 245 Å². The lowest BCUT2D eigenvalue weighted by molar-refractivity contribution is 0.371. The van der Waals surface area contributed by atoms with E-state index < -0.39 is 21.7 Å². The summed E-state index contributed by atoms with van der Waals surface area (Å²) in [6.07, 6.45) is 1.38. The SMILES string of the molecule is COc1cccc(CNc2cnc(S(=O)(=O)Nc3nc(-c4ccc(F)c(F)c4)c(-c4ccc(C)cc4)s3)c(C)c2)c1O. The van der Waals surface area contributed by atoms with Crippen LogP contribution in [0.3, 0.4) is 0 Å². The van der Waals surface area contributed by atoms with Gasteiger partial charge >= 0.3 is 0 Å². The number of hydrogen-bond acceptors (Lipinski definition) is 8. The molecular formula is C30H26F2N4O4S2. The zero-order valence-electron chi connectivity index (χ0n) is 22.8. The van der Waals surface area contributed by atoms with E-state index in [-0.39, 0.29) is 22.5 Å². The van der Waals surface area contributed by atoms with Crippen LogP contribution < -0.4 is 14.8 Å². The number of halogens is 2. The van der Waals surface area contributed by atoms with Gasteiger partial charge in [0, 0.05) is 17.7 Å². The van der Waals surface area contributed by atoms with Crippen molar-refractivity contribution in [3.63, 3.8) is 0 Å². The van der Waals surface area contributed by atoms with E-state index in [2.05, 4.69) is 20.0 Å². The van der Waals surface area contributed by atoms with E-state index in [0.29, 0.717) is 38.7 Å². The number of methoxy groups -OCH3 is 1. The Morgan fingerprint density at radius 1 is 0.976 bits per heavy atom. The fraction of sp³-hybridized carbons (Fsp3) is 0.133. The van der Waals surface area contributed by atoms with Gasteiger partial charge in [0.05, 0.1) is 29.6 Å². The average Bonchev–Trinajstić information content (AvgIpc) is 3.37. The van der Waals surface area contributed by atoms with E-state index in [1.54, 1.807) is 31.2 Å². The van der Waals surface area contributed by atoms with E-state index >= 15 is 0 Å². The van der Waals surface area contributed by atoms with Gasteiger partial charge in [0.15, 0.2) is 33.3 Å². The molecule has 0 radical (unpaired) electrons. The second-order valence-corrected chi connectivity index (χ2v) is 12.1. The van der Waals surface area contributed by atoms with E-state index in [9.17, 15) is 22.3 Å². The number of ether oxygens (including phenoxy) is 1. The molecule has 0 aliphatic heterocycles. The molecule has 0 unspecified atom stereocenters. The Bertz CT molecular complexity index is 1880. The molecule has 0 amide bonds.